The van der Waals surface area contributed by atoms with Gasteiger partial charge in [0.1, 0.15) is 5.75 Å². The largest absolute Gasteiger partial charge is 0.351 e. The molecule has 0 fully saturated rings. The average molecular weight is 287 g/mol. The third-order valence-corrected chi connectivity index (χ3v) is 3.93. The van der Waals surface area contributed by atoms with Crippen LogP contribution in [0, 0.1) is 0 Å². The summed E-state index contributed by atoms with van der Waals surface area (Å²) in [7, 11) is -3.25. The predicted molar refractivity (Wildman–Crippen MR) is 72.1 cm³/mol. The Balaban J connectivity index is 0. The van der Waals surface area contributed by atoms with Crippen LogP contribution in [0.15, 0.2) is 0 Å². The van der Waals surface area contributed by atoms with Crippen LogP contribution >= 0.6 is 12.4 Å². The number of carbonyl (C=O) groups is 1. The summed E-state index contributed by atoms with van der Waals surface area (Å²) in [4.78, 5) is 11.4. The van der Waals surface area contributed by atoms with Gasteiger partial charge >= 0.3 is 0 Å². The van der Waals surface area contributed by atoms with Crippen molar-refractivity contribution in [3.8, 4) is 0 Å². The number of hydrogen-bond acceptors (Lipinski definition) is 4. The maximum atomic E-state index is 11.4. The lowest BCUT2D eigenvalue weighted by molar-refractivity contribution is -0.119. The van der Waals surface area contributed by atoms with Crippen LogP contribution < -0.4 is 11.1 Å². The van der Waals surface area contributed by atoms with Gasteiger partial charge in [0.15, 0.2) is 9.84 Å². The van der Waals surface area contributed by atoms with Gasteiger partial charge in [-0.2, -0.15) is 0 Å². The van der Waals surface area contributed by atoms with Crippen molar-refractivity contribution in [3.63, 3.8) is 0 Å². The molecule has 0 saturated heterocycles. The fourth-order valence-electron chi connectivity index (χ4n) is 1.27. The van der Waals surface area contributed by atoms with E-state index >= 15 is 0 Å². The van der Waals surface area contributed by atoms with Crippen LogP contribution in [0.5, 0.6) is 0 Å². The molecule has 1 unspecified atom stereocenters. The monoisotopic (exact) mass is 286 g/mol. The van der Waals surface area contributed by atoms with Gasteiger partial charge in [0.2, 0.25) is 5.91 Å². The lowest BCUT2D eigenvalue weighted by Crippen LogP contribution is -2.42. The molecule has 0 aliphatic rings. The van der Waals surface area contributed by atoms with E-state index in [1.165, 1.54) is 6.92 Å². The first-order chi connectivity index (χ1) is 7.45. The van der Waals surface area contributed by atoms with Crippen molar-refractivity contribution in [2.75, 3.05) is 18.1 Å². The number of carbonyl (C=O) groups excluding carboxylic acids is 1. The van der Waals surface area contributed by atoms with Crippen LogP contribution in [0.25, 0.3) is 0 Å². The smallest absolute Gasteiger partial charge is 0.235 e. The number of sulfone groups is 1. The summed E-state index contributed by atoms with van der Waals surface area (Å²) in [5.41, 5.74) is 5.49. The van der Waals surface area contributed by atoms with Crippen LogP contribution in [-0.4, -0.2) is 38.4 Å². The van der Waals surface area contributed by atoms with E-state index in [2.05, 4.69) is 12.2 Å². The molecule has 104 valence electrons. The van der Waals surface area contributed by atoms with E-state index in [1.807, 2.05) is 0 Å². The van der Waals surface area contributed by atoms with Gasteiger partial charge in [0.05, 0.1) is 0 Å². The minimum absolute atomic E-state index is 0. The van der Waals surface area contributed by atoms with Gasteiger partial charge in [-0.15, -0.1) is 12.4 Å². The Bertz CT molecular complexity index is 307. The second-order valence-electron chi connectivity index (χ2n) is 3.82. The molecule has 0 aliphatic heterocycles. The molecule has 0 aromatic heterocycles. The Hall–Kier alpha value is -0.330. The third kappa shape index (κ3) is 9.38. The van der Waals surface area contributed by atoms with Crippen LogP contribution in [0.1, 0.15) is 33.1 Å². The van der Waals surface area contributed by atoms with Crippen LogP contribution in [0.3, 0.4) is 0 Å². The Kier molecular flexibility index (Phi) is 10.8. The Morgan fingerprint density at radius 1 is 1.35 bits per heavy atom. The molecule has 0 heterocycles. The first-order valence-corrected chi connectivity index (χ1v) is 7.47. The van der Waals surface area contributed by atoms with Crippen LogP contribution in [0.4, 0.5) is 0 Å². The van der Waals surface area contributed by atoms with Crippen molar-refractivity contribution in [2.45, 2.75) is 39.2 Å². The fourth-order valence-corrected chi connectivity index (χ4v) is 1.96. The SMILES string of the molecule is CCCCC(CN)NC(=O)CS(=O)(=O)CC.Cl. The van der Waals surface area contributed by atoms with Crippen LogP contribution in [-0.2, 0) is 14.6 Å². The number of rotatable bonds is 8. The van der Waals surface area contributed by atoms with E-state index in [0.29, 0.717) is 6.54 Å². The molecular formula is C10H23ClN2O3S. The minimum Gasteiger partial charge on any atom is -0.351 e. The van der Waals surface area contributed by atoms with Crippen LogP contribution in [0.2, 0.25) is 0 Å². The summed E-state index contributed by atoms with van der Waals surface area (Å²) in [5, 5.41) is 2.65. The Morgan fingerprint density at radius 2 is 1.94 bits per heavy atom. The minimum atomic E-state index is -3.25. The van der Waals surface area contributed by atoms with Crippen molar-refractivity contribution >= 4 is 28.2 Å². The van der Waals surface area contributed by atoms with Gasteiger partial charge in [-0.05, 0) is 6.42 Å². The zero-order valence-corrected chi connectivity index (χ0v) is 12.1. The summed E-state index contributed by atoms with van der Waals surface area (Å²) in [6.45, 7) is 3.93. The topological polar surface area (TPSA) is 89.3 Å². The predicted octanol–water partition coefficient (Wildman–Crippen LogP) is 0.477. The highest BCUT2D eigenvalue weighted by molar-refractivity contribution is 7.92. The van der Waals surface area contributed by atoms with Crippen molar-refractivity contribution in [1.29, 1.82) is 0 Å². The van der Waals surface area contributed by atoms with E-state index in [0.717, 1.165) is 19.3 Å². The molecular weight excluding hydrogens is 264 g/mol. The van der Waals surface area contributed by atoms with Gasteiger partial charge in [0.25, 0.3) is 0 Å². The average Bonchev–Trinajstić information content (AvgIpc) is 2.23. The molecule has 17 heavy (non-hydrogen) atoms. The highest BCUT2D eigenvalue weighted by atomic mass is 35.5. The Labute approximate surface area is 110 Å². The number of hydrogen-bond donors (Lipinski definition) is 2. The van der Waals surface area contributed by atoms with Gasteiger partial charge < -0.3 is 11.1 Å². The summed E-state index contributed by atoms with van der Waals surface area (Å²) in [5.74, 6) is -0.900. The fraction of sp³-hybridized carbons (Fsp3) is 0.900. The second kappa shape index (κ2) is 9.67. The van der Waals surface area contributed by atoms with E-state index in [4.69, 9.17) is 5.73 Å². The summed E-state index contributed by atoms with van der Waals surface area (Å²) >= 11 is 0. The van der Waals surface area contributed by atoms with Gasteiger partial charge in [0, 0.05) is 18.3 Å². The number of unbranched alkanes of at least 4 members (excludes halogenated alkanes) is 1. The zero-order valence-electron chi connectivity index (χ0n) is 10.4. The highest BCUT2D eigenvalue weighted by Gasteiger charge is 2.16. The first kappa shape index (κ1) is 19.0. The van der Waals surface area contributed by atoms with Crippen molar-refractivity contribution in [1.82, 2.24) is 5.32 Å². The first-order valence-electron chi connectivity index (χ1n) is 5.65. The van der Waals surface area contributed by atoms with Gasteiger partial charge in [-0.25, -0.2) is 8.42 Å². The normalized spacial score (nSPS) is 12.6. The quantitative estimate of drug-likeness (QED) is 0.679. The molecule has 0 aromatic rings. The zero-order chi connectivity index (χ0) is 12.6. The summed E-state index contributed by atoms with van der Waals surface area (Å²) < 4.78 is 22.4. The molecule has 1 amide bonds. The molecule has 0 saturated carbocycles. The molecule has 0 rings (SSSR count). The molecule has 0 aliphatic carbocycles. The number of nitrogens with two attached hydrogens (primary N) is 1. The second-order valence-corrected chi connectivity index (χ2v) is 6.17. The molecule has 5 nitrogen and oxygen atoms in total. The Morgan fingerprint density at radius 3 is 2.35 bits per heavy atom. The number of nitrogens with one attached hydrogen (secondary N) is 1. The molecule has 0 radical (unpaired) electrons. The molecule has 1 atom stereocenters. The van der Waals surface area contributed by atoms with E-state index < -0.39 is 21.5 Å². The molecule has 3 N–H and O–H groups in total. The van der Waals surface area contributed by atoms with Crippen molar-refractivity contribution < 1.29 is 13.2 Å². The standard InChI is InChI=1S/C10H22N2O3S.ClH/c1-3-5-6-9(7-11)12-10(13)8-16(14,15)4-2;/h9H,3-8,11H2,1-2H3,(H,12,13);1H. The lowest BCUT2D eigenvalue weighted by Gasteiger charge is -2.16. The molecule has 0 aromatic carbocycles. The van der Waals surface area contributed by atoms with Gasteiger partial charge in [-0.3, -0.25) is 4.79 Å². The van der Waals surface area contributed by atoms with E-state index in [9.17, 15) is 13.2 Å². The summed E-state index contributed by atoms with van der Waals surface area (Å²) in [6.07, 6.45) is 2.80. The summed E-state index contributed by atoms with van der Waals surface area (Å²) in [6, 6.07) is -0.112. The maximum absolute atomic E-state index is 11.4. The van der Waals surface area contributed by atoms with Crippen molar-refractivity contribution in [3.05, 3.63) is 0 Å². The molecule has 0 spiro atoms. The van der Waals surface area contributed by atoms with Gasteiger partial charge in [-0.1, -0.05) is 26.7 Å². The number of halogens is 1. The third-order valence-electron chi connectivity index (χ3n) is 2.35. The lowest BCUT2D eigenvalue weighted by atomic mass is 10.1. The molecule has 0 bridgehead atoms. The van der Waals surface area contributed by atoms with E-state index in [1.54, 1.807) is 0 Å². The number of amides is 1. The van der Waals surface area contributed by atoms with Crippen molar-refractivity contribution in [2.24, 2.45) is 5.73 Å². The maximum Gasteiger partial charge on any atom is 0.235 e. The highest BCUT2D eigenvalue weighted by Crippen LogP contribution is 1.99. The molecule has 7 heteroatoms. The van der Waals surface area contributed by atoms with E-state index in [-0.39, 0.29) is 24.2 Å².